The van der Waals surface area contributed by atoms with Crippen molar-refractivity contribution in [1.82, 2.24) is 5.32 Å². The quantitative estimate of drug-likeness (QED) is 0.832. The molecular formula is C14H20BrNO. The Morgan fingerprint density at radius 3 is 2.71 bits per heavy atom. The van der Waals surface area contributed by atoms with Crippen LogP contribution in [0, 0.1) is 12.3 Å². The van der Waals surface area contributed by atoms with E-state index in [2.05, 4.69) is 41.2 Å². The Kier molecular flexibility index (Phi) is 5.19. The maximum atomic E-state index is 11.8. The van der Waals surface area contributed by atoms with Crippen LogP contribution in [-0.2, 0) is 11.2 Å². The molecule has 1 rings (SSSR count). The van der Waals surface area contributed by atoms with E-state index in [0.717, 1.165) is 10.9 Å². The number of hydrogen-bond acceptors (Lipinski definition) is 1. The Morgan fingerprint density at radius 2 is 2.12 bits per heavy atom. The molecule has 1 N–H and O–H groups in total. The van der Waals surface area contributed by atoms with Crippen molar-refractivity contribution in [3.63, 3.8) is 0 Å². The van der Waals surface area contributed by atoms with Crippen LogP contribution >= 0.6 is 15.9 Å². The van der Waals surface area contributed by atoms with E-state index < -0.39 is 0 Å². The number of amides is 1. The first kappa shape index (κ1) is 14.2. The van der Waals surface area contributed by atoms with Gasteiger partial charge in [-0.1, -0.05) is 59.6 Å². The van der Waals surface area contributed by atoms with E-state index in [4.69, 9.17) is 0 Å². The van der Waals surface area contributed by atoms with E-state index in [1.54, 1.807) is 0 Å². The maximum absolute atomic E-state index is 11.8. The van der Waals surface area contributed by atoms with E-state index >= 15 is 0 Å². The molecule has 0 spiro atoms. The molecule has 0 bridgehead atoms. The molecule has 0 aliphatic rings. The normalized spacial score (nSPS) is 11.3. The Hall–Kier alpha value is -0.830. The molecule has 1 amide bonds. The molecule has 0 radical (unpaired) electrons. The van der Waals surface area contributed by atoms with E-state index in [1.165, 1.54) is 5.56 Å². The van der Waals surface area contributed by atoms with Gasteiger partial charge in [-0.25, -0.2) is 0 Å². The van der Waals surface area contributed by atoms with Gasteiger partial charge in [-0.05, 0) is 17.9 Å². The van der Waals surface area contributed by atoms with Crippen molar-refractivity contribution in [2.24, 2.45) is 5.41 Å². The van der Waals surface area contributed by atoms with Gasteiger partial charge < -0.3 is 5.32 Å². The van der Waals surface area contributed by atoms with Crippen LogP contribution < -0.4 is 5.32 Å². The maximum Gasteiger partial charge on any atom is 0.224 e. The fourth-order valence-electron chi connectivity index (χ4n) is 1.46. The Morgan fingerprint density at radius 1 is 1.41 bits per heavy atom. The highest BCUT2D eigenvalue weighted by Gasteiger charge is 2.16. The second-order valence-corrected chi connectivity index (χ2v) is 5.80. The van der Waals surface area contributed by atoms with E-state index in [9.17, 15) is 4.79 Å². The molecule has 1 aromatic carbocycles. The lowest BCUT2D eigenvalue weighted by Crippen LogP contribution is -2.35. The second kappa shape index (κ2) is 6.20. The topological polar surface area (TPSA) is 29.1 Å². The number of alkyl halides is 1. The first-order valence-electron chi connectivity index (χ1n) is 5.81. The Balaban J connectivity index is 2.45. The van der Waals surface area contributed by atoms with Crippen molar-refractivity contribution in [2.75, 3.05) is 11.9 Å². The van der Waals surface area contributed by atoms with Gasteiger partial charge in [-0.3, -0.25) is 4.79 Å². The van der Waals surface area contributed by atoms with Crippen molar-refractivity contribution >= 4 is 21.8 Å². The van der Waals surface area contributed by atoms with Gasteiger partial charge in [0, 0.05) is 11.9 Å². The van der Waals surface area contributed by atoms with Gasteiger partial charge >= 0.3 is 0 Å². The summed E-state index contributed by atoms with van der Waals surface area (Å²) in [6.07, 6.45) is 0.458. The predicted molar refractivity (Wildman–Crippen MR) is 75.5 cm³/mol. The lowest BCUT2D eigenvalue weighted by atomic mass is 9.97. The summed E-state index contributed by atoms with van der Waals surface area (Å²) in [6.45, 7) is 6.97. The first-order chi connectivity index (χ1) is 7.93. The van der Waals surface area contributed by atoms with Crippen LogP contribution in [0.5, 0.6) is 0 Å². The van der Waals surface area contributed by atoms with E-state index in [-0.39, 0.29) is 11.3 Å². The zero-order valence-corrected chi connectivity index (χ0v) is 12.3. The molecule has 94 valence electrons. The summed E-state index contributed by atoms with van der Waals surface area (Å²) in [6, 6.07) is 8.06. The summed E-state index contributed by atoms with van der Waals surface area (Å²) in [5, 5.41) is 3.85. The largest absolute Gasteiger partial charge is 0.355 e. The number of hydrogen-bond donors (Lipinski definition) is 1. The van der Waals surface area contributed by atoms with Gasteiger partial charge in [0.2, 0.25) is 5.91 Å². The summed E-state index contributed by atoms with van der Waals surface area (Å²) < 4.78 is 0. The van der Waals surface area contributed by atoms with Crippen LogP contribution in [0.15, 0.2) is 24.3 Å². The minimum absolute atomic E-state index is 0.0876. The lowest BCUT2D eigenvalue weighted by Gasteiger charge is -2.21. The molecule has 1 aromatic rings. The fraction of sp³-hybridized carbons (Fsp3) is 0.500. The van der Waals surface area contributed by atoms with Crippen molar-refractivity contribution in [3.8, 4) is 0 Å². The van der Waals surface area contributed by atoms with Crippen LogP contribution in [0.1, 0.15) is 25.0 Å². The average Bonchev–Trinajstić information content (AvgIpc) is 2.27. The number of carbonyl (C=O) groups is 1. The number of aryl methyl sites for hydroxylation is 1. The number of nitrogens with one attached hydrogen (secondary N) is 1. The zero-order valence-electron chi connectivity index (χ0n) is 10.7. The number of rotatable bonds is 5. The summed E-state index contributed by atoms with van der Waals surface area (Å²) in [5.74, 6) is 0.0876. The van der Waals surface area contributed by atoms with Crippen molar-refractivity contribution in [3.05, 3.63) is 35.4 Å². The first-order valence-corrected chi connectivity index (χ1v) is 6.93. The third-order valence-electron chi connectivity index (χ3n) is 2.57. The predicted octanol–water partition coefficient (Wildman–Crippen LogP) is 3.07. The molecule has 17 heavy (non-hydrogen) atoms. The van der Waals surface area contributed by atoms with Crippen LogP contribution in [-0.4, -0.2) is 17.8 Å². The summed E-state index contributed by atoms with van der Waals surface area (Å²) >= 11 is 3.45. The van der Waals surface area contributed by atoms with Gasteiger partial charge in [0.15, 0.2) is 0 Å². The third-order valence-corrected chi connectivity index (χ3v) is 4.09. The molecule has 0 fully saturated rings. The van der Waals surface area contributed by atoms with Crippen LogP contribution in [0.3, 0.4) is 0 Å². The zero-order chi connectivity index (χ0) is 12.9. The number of carbonyl (C=O) groups excluding carboxylic acids is 1. The Bertz CT molecular complexity index is 388. The number of benzene rings is 1. The molecule has 0 aromatic heterocycles. The molecule has 3 heteroatoms. The average molecular weight is 298 g/mol. The molecule has 0 saturated heterocycles. The molecule has 0 unspecified atom stereocenters. The molecule has 0 saturated carbocycles. The highest BCUT2D eigenvalue weighted by atomic mass is 79.9. The van der Waals surface area contributed by atoms with Gasteiger partial charge in [0.25, 0.3) is 0 Å². The standard InChI is InChI=1S/C14H20BrNO/c1-11-5-4-6-12(7-11)8-13(17)16-10-14(2,3)9-15/h4-7H,8-10H2,1-3H3,(H,16,17). The molecule has 0 aliphatic heterocycles. The van der Waals surface area contributed by atoms with Crippen molar-refractivity contribution < 1.29 is 4.79 Å². The SMILES string of the molecule is Cc1cccc(CC(=O)NCC(C)(C)CBr)c1. The van der Waals surface area contributed by atoms with Crippen molar-refractivity contribution in [1.29, 1.82) is 0 Å². The van der Waals surface area contributed by atoms with Crippen LogP contribution in [0.2, 0.25) is 0 Å². The molecule has 0 heterocycles. The van der Waals surface area contributed by atoms with Gasteiger partial charge in [0.05, 0.1) is 6.42 Å². The highest BCUT2D eigenvalue weighted by molar-refractivity contribution is 9.09. The van der Waals surface area contributed by atoms with Crippen LogP contribution in [0.4, 0.5) is 0 Å². The van der Waals surface area contributed by atoms with Gasteiger partial charge in [0.1, 0.15) is 0 Å². The smallest absolute Gasteiger partial charge is 0.224 e. The Labute approximate surface area is 112 Å². The molecule has 0 aliphatic carbocycles. The highest BCUT2D eigenvalue weighted by Crippen LogP contribution is 2.16. The fourth-order valence-corrected chi connectivity index (χ4v) is 1.65. The van der Waals surface area contributed by atoms with Gasteiger partial charge in [-0.15, -0.1) is 0 Å². The van der Waals surface area contributed by atoms with Crippen LogP contribution in [0.25, 0.3) is 0 Å². The molecule has 0 atom stereocenters. The number of halogens is 1. The minimum atomic E-state index is 0.0876. The summed E-state index contributed by atoms with van der Waals surface area (Å²) in [4.78, 5) is 11.8. The third kappa shape index (κ3) is 5.35. The minimum Gasteiger partial charge on any atom is -0.355 e. The second-order valence-electron chi connectivity index (χ2n) is 5.24. The van der Waals surface area contributed by atoms with Crippen molar-refractivity contribution in [2.45, 2.75) is 27.2 Å². The van der Waals surface area contributed by atoms with Gasteiger partial charge in [-0.2, -0.15) is 0 Å². The summed E-state index contributed by atoms with van der Waals surface area (Å²) in [7, 11) is 0. The lowest BCUT2D eigenvalue weighted by molar-refractivity contribution is -0.120. The van der Waals surface area contributed by atoms with E-state index in [1.807, 2.05) is 25.1 Å². The molecular weight excluding hydrogens is 278 g/mol. The molecule has 2 nitrogen and oxygen atoms in total. The van der Waals surface area contributed by atoms with E-state index in [0.29, 0.717) is 13.0 Å². The monoisotopic (exact) mass is 297 g/mol. The summed E-state index contributed by atoms with van der Waals surface area (Å²) in [5.41, 5.74) is 2.36.